The number of carbonyl (C=O) groups is 1. The van der Waals surface area contributed by atoms with E-state index in [1.807, 2.05) is 22.9 Å². The number of nitro groups is 1. The van der Waals surface area contributed by atoms with Gasteiger partial charge in [0.15, 0.2) is 0 Å². The van der Waals surface area contributed by atoms with E-state index in [4.69, 9.17) is 12.2 Å². The lowest BCUT2D eigenvalue weighted by atomic mass is 10.2. The third kappa shape index (κ3) is 2.90. The monoisotopic (exact) mass is 345 g/mol. The summed E-state index contributed by atoms with van der Waals surface area (Å²) in [7, 11) is 1.65. The summed E-state index contributed by atoms with van der Waals surface area (Å²) in [5, 5.41) is 10.7. The molecule has 0 spiro atoms. The van der Waals surface area contributed by atoms with E-state index in [2.05, 4.69) is 0 Å². The summed E-state index contributed by atoms with van der Waals surface area (Å²) in [6.07, 6.45) is 3.60. The maximum Gasteiger partial charge on any atom is 0.269 e. The Bertz CT molecular complexity index is 840. The van der Waals surface area contributed by atoms with Crippen LogP contribution in [0.2, 0.25) is 0 Å². The number of rotatable bonds is 3. The van der Waals surface area contributed by atoms with Crippen LogP contribution in [-0.2, 0) is 4.79 Å². The number of thiocarbonyl (C=S) groups is 1. The number of thioether (sulfide) groups is 1. The van der Waals surface area contributed by atoms with E-state index in [1.165, 1.54) is 28.8 Å². The van der Waals surface area contributed by atoms with E-state index in [0.717, 1.165) is 11.4 Å². The first-order chi connectivity index (χ1) is 11.0. The van der Waals surface area contributed by atoms with E-state index in [0.29, 0.717) is 9.23 Å². The first kappa shape index (κ1) is 15.4. The van der Waals surface area contributed by atoms with Crippen LogP contribution in [0.3, 0.4) is 0 Å². The van der Waals surface area contributed by atoms with Crippen LogP contribution in [0.1, 0.15) is 5.69 Å². The first-order valence-corrected chi connectivity index (χ1v) is 7.83. The van der Waals surface area contributed by atoms with Gasteiger partial charge < -0.3 is 4.57 Å². The maximum atomic E-state index is 12.1. The second-order valence-electron chi connectivity index (χ2n) is 4.82. The molecule has 6 nitrogen and oxygen atoms in total. The number of carbonyl (C=O) groups excluding carboxylic acids is 1. The van der Waals surface area contributed by atoms with Gasteiger partial charge >= 0.3 is 0 Å². The Morgan fingerprint density at radius 2 is 1.96 bits per heavy atom. The molecule has 0 aliphatic carbocycles. The lowest BCUT2D eigenvalue weighted by Crippen LogP contribution is -2.22. The summed E-state index contributed by atoms with van der Waals surface area (Å²) < 4.78 is 2.38. The van der Waals surface area contributed by atoms with Gasteiger partial charge in [0.1, 0.15) is 4.32 Å². The van der Waals surface area contributed by atoms with Crippen molar-refractivity contribution in [3.63, 3.8) is 0 Å². The Kier molecular flexibility index (Phi) is 4.01. The molecule has 1 aliphatic rings. The van der Waals surface area contributed by atoms with E-state index in [1.54, 1.807) is 25.3 Å². The van der Waals surface area contributed by atoms with Crippen LogP contribution in [0, 0.1) is 10.1 Å². The zero-order chi connectivity index (χ0) is 16.6. The molecule has 0 unspecified atom stereocenters. The molecule has 1 amide bonds. The fraction of sp³-hybridized carbons (Fsp3) is 0.0667. The van der Waals surface area contributed by atoms with E-state index < -0.39 is 4.92 Å². The van der Waals surface area contributed by atoms with Gasteiger partial charge in [0.05, 0.1) is 9.83 Å². The van der Waals surface area contributed by atoms with Gasteiger partial charge in [-0.15, -0.1) is 0 Å². The molecule has 8 heteroatoms. The normalized spacial score (nSPS) is 16.4. The molecule has 0 N–H and O–H groups in total. The Morgan fingerprint density at radius 3 is 2.52 bits per heavy atom. The fourth-order valence-electron chi connectivity index (χ4n) is 2.16. The highest BCUT2D eigenvalue weighted by molar-refractivity contribution is 8.26. The second kappa shape index (κ2) is 5.98. The van der Waals surface area contributed by atoms with Crippen molar-refractivity contribution in [2.45, 2.75) is 0 Å². The number of nitro benzene ring substituents is 1. The molecule has 0 bridgehead atoms. The number of aromatic nitrogens is 1. The van der Waals surface area contributed by atoms with Gasteiger partial charge in [-0.3, -0.25) is 19.8 Å². The molecule has 1 fully saturated rings. The predicted molar refractivity (Wildman–Crippen MR) is 93.4 cm³/mol. The zero-order valence-electron chi connectivity index (χ0n) is 12.0. The molecule has 0 saturated carbocycles. The van der Waals surface area contributed by atoms with Crippen molar-refractivity contribution in [1.82, 2.24) is 9.47 Å². The van der Waals surface area contributed by atoms with Crippen LogP contribution in [0.4, 0.5) is 5.69 Å². The molecule has 1 aromatic heterocycles. The number of non-ortho nitro benzene ring substituents is 1. The number of hydrogen-bond acceptors (Lipinski definition) is 5. The average molecular weight is 345 g/mol. The lowest BCUT2D eigenvalue weighted by Gasteiger charge is -2.07. The van der Waals surface area contributed by atoms with E-state index in [-0.39, 0.29) is 11.6 Å². The summed E-state index contributed by atoms with van der Waals surface area (Å²) in [6.45, 7) is 0. The number of hydrogen-bond donors (Lipinski definition) is 0. The first-order valence-electron chi connectivity index (χ1n) is 6.61. The minimum atomic E-state index is -0.438. The van der Waals surface area contributed by atoms with Gasteiger partial charge in [-0.1, -0.05) is 24.0 Å². The van der Waals surface area contributed by atoms with Gasteiger partial charge in [0.2, 0.25) is 0 Å². The molecule has 3 rings (SSSR count). The van der Waals surface area contributed by atoms with Crippen LogP contribution in [0.15, 0.2) is 47.5 Å². The van der Waals surface area contributed by atoms with Crippen LogP contribution < -0.4 is 0 Å². The Hall–Kier alpha value is -2.45. The molecule has 2 heterocycles. The highest BCUT2D eigenvalue weighted by Crippen LogP contribution is 2.31. The predicted octanol–water partition coefficient (Wildman–Crippen LogP) is 3.22. The maximum absolute atomic E-state index is 12.1. The van der Waals surface area contributed by atoms with Crippen LogP contribution >= 0.6 is 24.0 Å². The molecular formula is C15H11N3O3S2. The summed E-state index contributed by atoms with van der Waals surface area (Å²) in [5.41, 5.74) is 1.61. The van der Waals surface area contributed by atoms with Crippen molar-refractivity contribution in [3.8, 4) is 5.69 Å². The van der Waals surface area contributed by atoms with Crippen LogP contribution in [0.5, 0.6) is 0 Å². The van der Waals surface area contributed by atoms with Gasteiger partial charge in [-0.05, 0) is 30.3 Å². The summed E-state index contributed by atoms with van der Waals surface area (Å²) in [4.78, 5) is 24.4. The third-order valence-electron chi connectivity index (χ3n) is 3.38. The average Bonchev–Trinajstić information content (AvgIpc) is 3.09. The SMILES string of the molecule is CN1C(=O)/C(=C\c2cccn2-c2ccc([N+](=O)[O-])cc2)SC1=S. The molecule has 2 aromatic rings. The highest BCUT2D eigenvalue weighted by Gasteiger charge is 2.28. The number of likely N-dealkylation sites (N-methyl/N-ethyl adjacent to an activating group) is 1. The van der Waals surface area contributed by atoms with Crippen molar-refractivity contribution >= 4 is 46.0 Å². The van der Waals surface area contributed by atoms with Crippen molar-refractivity contribution < 1.29 is 9.72 Å². The van der Waals surface area contributed by atoms with Crippen molar-refractivity contribution in [3.05, 3.63) is 63.3 Å². The molecule has 1 aliphatic heterocycles. The van der Waals surface area contributed by atoms with Crippen LogP contribution in [-0.4, -0.2) is 31.7 Å². The van der Waals surface area contributed by atoms with E-state index >= 15 is 0 Å². The number of amides is 1. The molecule has 23 heavy (non-hydrogen) atoms. The van der Waals surface area contributed by atoms with Crippen molar-refractivity contribution in [2.75, 3.05) is 7.05 Å². The minimum absolute atomic E-state index is 0.0364. The molecule has 0 atom stereocenters. The lowest BCUT2D eigenvalue weighted by molar-refractivity contribution is -0.384. The number of nitrogens with zero attached hydrogens (tertiary/aromatic N) is 3. The highest BCUT2D eigenvalue weighted by atomic mass is 32.2. The topological polar surface area (TPSA) is 68.4 Å². The van der Waals surface area contributed by atoms with Crippen molar-refractivity contribution in [2.24, 2.45) is 0 Å². The molecular weight excluding hydrogens is 334 g/mol. The standard InChI is InChI=1S/C15H11N3O3S2/c1-16-14(19)13(23-15(16)22)9-12-3-2-8-17(12)10-4-6-11(7-5-10)18(20)21/h2-9H,1H3/b13-9+. The molecule has 0 radical (unpaired) electrons. The quantitative estimate of drug-likeness (QED) is 0.370. The largest absolute Gasteiger partial charge is 0.317 e. The third-order valence-corrected chi connectivity index (χ3v) is 4.87. The number of benzene rings is 1. The van der Waals surface area contributed by atoms with Gasteiger partial charge in [0.25, 0.3) is 11.6 Å². The Balaban J connectivity index is 1.96. The summed E-state index contributed by atoms with van der Waals surface area (Å²) in [5.74, 6) is -0.128. The molecule has 1 saturated heterocycles. The van der Waals surface area contributed by atoms with Crippen LogP contribution in [0.25, 0.3) is 11.8 Å². The Labute approximate surface area is 141 Å². The van der Waals surface area contributed by atoms with Crippen molar-refractivity contribution in [1.29, 1.82) is 0 Å². The fourth-order valence-corrected chi connectivity index (χ4v) is 3.33. The molecule has 1 aromatic carbocycles. The molecule has 116 valence electrons. The van der Waals surface area contributed by atoms with Gasteiger partial charge in [0, 0.05) is 36.8 Å². The Morgan fingerprint density at radius 1 is 1.26 bits per heavy atom. The smallest absolute Gasteiger partial charge is 0.269 e. The van der Waals surface area contributed by atoms with E-state index in [9.17, 15) is 14.9 Å². The second-order valence-corrected chi connectivity index (χ2v) is 6.49. The zero-order valence-corrected chi connectivity index (χ0v) is 13.6. The van der Waals surface area contributed by atoms with Gasteiger partial charge in [-0.25, -0.2) is 0 Å². The summed E-state index contributed by atoms with van der Waals surface area (Å²) >= 11 is 6.37. The minimum Gasteiger partial charge on any atom is -0.317 e. The van der Waals surface area contributed by atoms with Gasteiger partial charge in [-0.2, -0.15) is 0 Å². The summed E-state index contributed by atoms with van der Waals surface area (Å²) in [6, 6.07) is 9.94.